The molecule has 0 aromatic heterocycles. The second-order valence-electron chi connectivity index (χ2n) is 3.50. The fourth-order valence-electron chi connectivity index (χ4n) is 1.60. The number of ether oxygens (including phenoxy) is 2. The summed E-state index contributed by atoms with van der Waals surface area (Å²) >= 11 is 0. The summed E-state index contributed by atoms with van der Waals surface area (Å²) < 4.78 is 10.8. The minimum absolute atomic E-state index is 0.0614. The van der Waals surface area contributed by atoms with E-state index in [2.05, 4.69) is 5.32 Å². The lowest BCUT2D eigenvalue weighted by Crippen LogP contribution is -2.38. The highest BCUT2D eigenvalue weighted by Crippen LogP contribution is 2.08. The van der Waals surface area contributed by atoms with Crippen molar-refractivity contribution in [3.05, 3.63) is 0 Å². The van der Waals surface area contributed by atoms with Gasteiger partial charge in [-0.05, 0) is 33.2 Å². The van der Waals surface area contributed by atoms with Crippen LogP contribution in [0.15, 0.2) is 0 Å². The topological polar surface area (TPSA) is 30.5 Å². The van der Waals surface area contributed by atoms with Crippen molar-refractivity contribution in [1.29, 1.82) is 0 Å². The average Bonchev–Trinajstić information content (AvgIpc) is 2.17. The van der Waals surface area contributed by atoms with E-state index >= 15 is 0 Å². The Labute approximate surface area is 80.8 Å². The Bertz CT molecular complexity index is 124. The summed E-state index contributed by atoms with van der Waals surface area (Å²) in [6.07, 6.45) is 3.80. The predicted octanol–water partition coefficient (Wildman–Crippen LogP) is 1.53. The maximum absolute atomic E-state index is 5.54. The van der Waals surface area contributed by atoms with E-state index in [1.165, 1.54) is 19.3 Å². The Morgan fingerprint density at radius 1 is 1.38 bits per heavy atom. The number of hydrogen-bond donors (Lipinski definition) is 1. The molecule has 2 atom stereocenters. The molecular formula is C10H21NO2. The highest BCUT2D eigenvalue weighted by atomic mass is 16.7. The molecule has 0 saturated carbocycles. The van der Waals surface area contributed by atoms with Gasteiger partial charge in [-0.1, -0.05) is 6.42 Å². The number of piperidine rings is 1. The lowest BCUT2D eigenvalue weighted by molar-refractivity contribution is -0.132. The van der Waals surface area contributed by atoms with Crippen LogP contribution in [0.3, 0.4) is 0 Å². The van der Waals surface area contributed by atoms with Crippen LogP contribution in [0.25, 0.3) is 0 Å². The molecule has 1 N–H and O–H groups in total. The van der Waals surface area contributed by atoms with Gasteiger partial charge in [0.05, 0.1) is 6.61 Å². The Balaban J connectivity index is 2.03. The number of hydrogen-bond acceptors (Lipinski definition) is 3. The second kappa shape index (κ2) is 6.35. The second-order valence-corrected chi connectivity index (χ2v) is 3.50. The van der Waals surface area contributed by atoms with Crippen LogP contribution in [0.4, 0.5) is 0 Å². The van der Waals surface area contributed by atoms with Gasteiger partial charge < -0.3 is 14.8 Å². The summed E-state index contributed by atoms with van der Waals surface area (Å²) in [6.45, 7) is 6.57. The summed E-state index contributed by atoms with van der Waals surface area (Å²) in [4.78, 5) is 0. The molecule has 13 heavy (non-hydrogen) atoms. The molecule has 1 unspecified atom stereocenters. The van der Waals surface area contributed by atoms with E-state index in [9.17, 15) is 0 Å². The van der Waals surface area contributed by atoms with Crippen LogP contribution in [0.5, 0.6) is 0 Å². The minimum Gasteiger partial charge on any atom is -0.353 e. The molecule has 1 rings (SSSR count). The predicted molar refractivity (Wildman–Crippen MR) is 52.7 cm³/mol. The van der Waals surface area contributed by atoms with Crippen LogP contribution >= 0.6 is 0 Å². The Morgan fingerprint density at radius 2 is 2.23 bits per heavy atom. The highest BCUT2D eigenvalue weighted by molar-refractivity contribution is 4.71. The molecule has 0 aromatic carbocycles. The lowest BCUT2D eigenvalue weighted by atomic mass is 10.1. The molecule has 3 nitrogen and oxygen atoms in total. The summed E-state index contributed by atoms with van der Waals surface area (Å²) in [7, 11) is 0. The van der Waals surface area contributed by atoms with E-state index in [4.69, 9.17) is 9.47 Å². The van der Waals surface area contributed by atoms with Gasteiger partial charge in [0.1, 0.15) is 0 Å². The Hall–Kier alpha value is -0.120. The molecule has 0 amide bonds. The van der Waals surface area contributed by atoms with Crippen molar-refractivity contribution in [2.24, 2.45) is 0 Å². The average molecular weight is 187 g/mol. The van der Waals surface area contributed by atoms with Crippen LogP contribution in [-0.2, 0) is 9.47 Å². The molecular weight excluding hydrogens is 166 g/mol. The molecule has 3 heteroatoms. The smallest absolute Gasteiger partial charge is 0.154 e. The van der Waals surface area contributed by atoms with Gasteiger partial charge in [0, 0.05) is 12.6 Å². The first kappa shape index (κ1) is 11.0. The standard InChI is InChI=1S/C10H21NO2/c1-3-12-9(2)13-8-10-6-4-5-7-11-10/h9-11H,3-8H2,1-2H3/t9?,10-/m1/s1. The molecule has 0 aromatic rings. The van der Waals surface area contributed by atoms with Crippen LogP contribution in [-0.4, -0.2) is 32.1 Å². The van der Waals surface area contributed by atoms with Crippen molar-refractivity contribution in [2.45, 2.75) is 45.4 Å². The largest absolute Gasteiger partial charge is 0.353 e. The normalized spacial score (nSPS) is 25.8. The van der Waals surface area contributed by atoms with Gasteiger partial charge >= 0.3 is 0 Å². The SMILES string of the molecule is CCOC(C)OC[C@H]1CCCCN1. The van der Waals surface area contributed by atoms with E-state index in [1.54, 1.807) is 0 Å². The van der Waals surface area contributed by atoms with E-state index in [0.29, 0.717) is 6.04 Å². The zero-order valence-corrected chi connectivity index (χ0v) is 8.71. The molecule has 0 aliphatic carbocycles. The van der Waals surface area contributed by atoms with E-state index in [1.807, 2.05) is 13.8 Å². The van der Waals surface area contributed by atoms with E-state index < -0.39 is 0 Å². The van der Waals surface area contributed by atoms with Crippen molar-refractivity contribution in [1.82, 2.24) is 5.32 Å². The van der Waals surface area contributed by atoms with Crippen molar-refractivity contribution < 1.29 is 9.47 Å². The van der Waals surface area contributed by atoms with Crippen LogP contribution in [0, 0.1) is 0 Å². The molecule has 0 spiro atoms. The fraction of sp³-hybridized carbons (Fsp3) is 1.00. The lowest BCUT2D eigenvalue weighted by Gasteiger charge is -2.24. The fourth-order valence-corrected chi connectivity index (χ4v) is 1.60. The Morgan fingerprint density at radius 3 is 2.85 bits per heavy atom. The Kier molecular flexibility index (Phi) is 5.35. The van der Waals surface area contributed by atoms with Gasteiger partial charge in [0.2, 0.25) is 0 Å². The van der Waals surface area contributed by atoms with Crippen molar-refractivity contribution in [3.8, 4) is 0 Å². The quantitative estimate of drug-likeness (QED) is 0.662. The van der Waals surface area contributed by atoms with Gasteiger partial charge in [-0.15, -0.1) is 0 Å². The third-order valence-electron chi connectivity index (χ3n) is 2.35. The monoisotopic (exact) mass is 187 g/mol. The van der Waals surface area contributed by atoms with Gasteiger partial charge in [0.25, 0.3) is 0 Å². The molecule has 1 saturated heterocycles. The zero-order valence-electron chi connectivity index (χ0n) is 8.71. The first-order valence-corrected chi connectivity index (χ1v) is 5.29. The third-order valence-corrected chi connectivity index (χ3v) is 2.35. The number of nitrogens with one attached hydrogen (secondary N) is 1. The van der Waals surface area contributed by atoms with Gasteiger partial charge in [-0.2, -0.15) is 0 Å². The summed E-state index contributed by atoms with van der Waals surface area (Å²) in [6, 6.07) is 0.539. The molecule has 1 heterocycles. The van der Waals surface area contributed by atoms with Gasteiger partial charge in [0.15, 0.2) is 6.29 Å². The van der Waals surface area contributed by atoms with E-state index in [-0.39, 0.29) is 6.29 Å². The molecule has 1 fully saturated rings. The third kappa shape index (κ3) is 4.60. The number of rotatable bonds is 5. The molecule has 0 bridgehead atoms. The molecule has 78 valence electrons. The summed E-state index contributed by atoms with van der Waals surface area (Å²) in [5, 5.41) is 3.44. The molecule has 0 radical (unpaired) electrons. The highest BCUT2D eigenvalue weighted by Gasteiger charge is 2.13. The van der Waals surface area contributed by atoms with Gasteiger partial charge in [-0.3, -0.25) is 0 Å². The van der Waals surface area contributed by atoms with Crippen molar-refractivity contribution in [2.75, 3.05) is 19.8 Å². The van der Waals surface area contributed by atoms with Crippen LogP contribution in [0.1, 0.15) is 33.1 Å². The zero-order chi connectivity index (χ0) is 9.52. The first-order chi connectivity index (χ1) is 6.33. The van der Waals surface area contributed by atoms with Crippen LogP contribution in [0.2, 0.25) is 0 Å². The first-order valence-electron chi connectivity index (χ1n) is 5.29. The van der Waals surface area contributed by atoms with E-state index in [0.717, 1.165) is 19.8 Å². The maximum atomic E-state index is 5.54. The van der Waals surface area contributed by atoms with Crippen LogP contribution < -0.4 is 5.32 Å². The summed E-state index contributed by atoms with van der Waals surface area (Å²) in [5.41, 5.74) is 0. The van der Waals surface area contributed by atoms with Crippen molar-refractivity contribution >= 4 is 0 Å². The molecule has 1 aliphatic rings. The minimum atomic E-state index is -0.0614. The maximum Gasteiger partial charge on any atom is 0.154 e. The van der Waals surface area contributed by atoms with Gasteiger partial charge in [-0.25, -0.2) is 0 Å². The molecule has 1 aliphatic heterocycles. The summed E-state index contributed by atoms with van der Waals surface area (Å²) in [5.74, 6) is 0. The van der Waals surface area contributed by atoms with Crippen molar-refractivity contribution in [3.63, 3.8) is 0 Å².